The summed E-state index contributed by atoms with van der Waals surface area (Å²) in [6.45, 7) is 0.494. The van der Waals surface area contributed by atoms with Gasteiger partial charge in [0.25, 0.3) is 5.91 Å². The van der Waals surface area contributed by atoms with E-state index in [4.69, 9.17) is 34.8 Å². The highest BCUT2D eigenvalue weighted by molar-refractivity contribution is 6.35. The predicted octanol–water partition coefficient (Wildman–Crippen LogP) is 3.04. The van der Waals surface area contributed by atoms with E-state index < -0.39 is 6.04 Å². The number of nitrogens with zero attached hydrogens (tertiary/aromatic N) is 1. The third-order valence-corrected chi connectivity index (χ3v) is 4.74. The van der Waals surface area contributed by atoms with E-state index in [0.717, 1.165) is 5.56 Å². The number of benzene rings is 2. The maximum absolute atomic E-state index is 12.5. The molecule has 3 rings (SSSR count). The van der Waals surface area contributed by atoms with Gasteiger partial charge in [0.15, 0.2) is 6.04 Å². The molecule has 0 spiro atoms. The van der Waals surface area contributed by atoms with Gasteiger partial charge in [-0.2, -0.15) is 0 Å². The van der Waals surface area contributed by atoms with Crippen LogP contribution in [0, 0.1) is 0 Å². The molecule has 0 bridgehead atoms. The number of nitrogens with two attached hydrogens (primary N) is 1. The Labute approximate surface area is 154 Å². The van der Waals surface area contributed by atoms with Crippen molar-refractivity contribution in [2.45, 2.75) is 19.0 Å². The highest BCUT2D eigenvalue weighted by Crippen LogP contribution is 2.24. The van der Waals surface area contributed by atoms with E-state index >= 15 is 0 Å². The molecule has 0 aromatic heterocycles. The van der Waals surface area contributed by atoms with Crippen molar-refractivity contribution in [3.8, 4) is 0 Å². The predicted molar refractivity (Wildman–Crippen MR) is 94.4 cm³/mol. The summed E-state index contributed by atoms with van der Waals surface area (Å²) in [5.41, 5.74) is 1.40. The highest BCUT2D eigenvalue weighted by Gasteiger charge is 2.42. The number of rotatable bonds is 4. The van der Waals surface area contributed by atoms with Crippen LogP contribution in [0.1, 0.15) is 12.0 Å². The van der Waals surface area contributed by atoms with Gasteiger partial charge in [0.05, 0.1) is 17.1 Å². The van der Waals surface area contributed by atoms with Crippen molar-refractivity contribution in [2.24, 2.45) is 0 Å². The largest absolute Gasteiger partial charge is 0.332 e. The zero-order chi connectivity index (χ0) is 17.3. The number of hydrogen-bond donors (Lipinski definition) is 1. The van der Waals surface area contributed by atoms with Gasteiger partial charge in [-0.3, -0.25) is 9.59 Å². The molecule has 0 saturated carbocycles. The number of quaternary nitrogens is 1. The van der Waals surface area contributed by atoms with Gasteiger partial charge in [0, 0.05) is 15.6 Å². The van der Waals surface area contributed by atoms with Crippen LogP contribution in [0.4, 0.5) is 5.69 Å². The van der Waals surface area contributed by atoms with Crippen molar-refractivity contribution in [3.05, 3.63) is 63.1 Å². The van der Waals surface area contributed by atoms with Crippen LogP contribution in [-0.4, -0.2) is 17.9 Å². The molecule has 1 aliphatic heterocycles. The molecule has 2 aromatic carbocycles. The van der Waals surface area contributed by atoms with E-state index in [-0.39, 0.29) is 18.2 Å². The minimum atomic E-state index is -0.458. The number of hydrogen-bond acceptors (Lipinski definition) is 2. The number of anilines is 1. The van der Waals surface area contributed by atoms with E-state index in [9.17, 15) is 9.59 Å². The van der Waals surface area contributed by atoms with E-state index in [1.165, 1.54) is 4.90 Å². The average Bonchev–Trinajstić information content (AvgIpc) is 2.82. The molecule has 2 amide bonds. The van der Waals surface area contributed by atoms with E-state index in [2.05, 4.69) is 0 Å². The van der Waals surface area contributed by atoms with Crippen molar-refractivity contribution >= 4 is 52.3 Å². The Bertz CT molecular complexity index is 793. The third-order valence-electron chi connectivity index (χ3n) is 3.90. The maximum Gasteiger partial charge on any atom is 0.292 e. The molecule has 1 fully saturated rings. The van der Waals surface area contributed by atoms with Crippen molar-refractivity contribution < 1.29 is 14.9 Å². The number of amides is 2. The summed E-state index contributed by atoms with van der Waals surface area (Å²) in [6.07, 6.45) is 0.159. The van der Waals surface area contributed by atoms with Gasteiger partial charge in [-0.1, -0.05) is 40.9 Å². The van der Waals surface area contributed by atoms with Crippen LogP contribution in [0.15, 0.2) is 42.5 Å². The lowest BCUT2D eigenvalue weighted by molar-refractivity contribution is -0.690. The fraction of sp³-hybridized carbons (Fsp3) is 0.176. The van der Waals surface area contributed by atoms with Crippen LogP contribution < -0.4 is 10.2 Å². The second-order valence-electron chi connectivity index (χ2n) is 5.53. The molecule has 7 heteroatoms. The molecular weight excluding hydrogens is 371 g/mol. The summed E-state index contributed by atoms with van der Waals surface area (Å²) in [7, 11) is 0. The molecule has 124 valence electrons. The fourth-order valence-corrected chi connectivity index (χ4v) is 3.27. The second-order valence-corrected chi connectivity index (χ2v) is 6.81. The van der Waals surface area contributed by atoms with Gasteiger partial charge in [0.2, 0.25) is 5.91 Å². The molecule has 1 saturated heterocycles. The Morgan fingerprint density at radius 1 is 1.00 bits per heavy atom. The zero-order valence-corrected chi connectivity index (χ0v) is 14.8. The van der Waals surface area contributed by atoms with Gasteiger partial charge in [-0.05, 0) is 36.4 Å². The van der Waals surface area contributed by atoms with Crippen LogP contribution in [0.2, 0.25) is 15.1 Å². The lowest BCUT2D eigenvalue weighted by Gasteiger charge is -2.14. The Morgan fingerprint density at radius 2 is 1.67 bits per heavy atom. The van der Waals surface area contributed by atoms with Crippen LogP contribution in [0.3, 0.4) is 0 Å². The third kappa shape index (κ3) is 3.57. The highest BCUT2D eigenvalue weighted by atomic mass is 35.5. The Balaban J connectivity index is 1.71. The first-order chi connectivity index (χ1) is 11.5. The van der Waals surface area contributed by atoms with Gasteiger partial charge in [-0.15, -0.1) is 0 Å². The summed E-state index contributed by atoms with van der Waals surface area (Å²) in [6, 6.07) is 11.4. The molecule has 4 nitrogen and oxygen atoms in total. The molecule has 0 unspecified atom stereocenters. The molecule has 0 aliphatic carbocycles. The van der Waals surface area contributed by atoms with Crippen LogP contribution >= 0.6 is 34.8 Å². The quantitative estimate of drug-likeness (QED) is 0.824. The molecular formula is C17H14Cl3N2O2+. The molecule has 2 N–H and O–H groups in total. The lowest BCUT2D eigenvalue weighted by Crippen LogP contribution is -2.90. The Morgan fingerprint density at radius 3 is 2.33 bits per heavy atom. The van der Waals surface area contributed by atoms with Crippen LogP contribution in [-0.2, 0) is 16.1 Å². The smallest absolute Gasteiger partial charge is 0.292 e. The summed E-state index contributed by atoms with van der Waals surface area (Å²) in [5.74, 6) is -0.446. The first kappa shape index (κ1) is 17.2. The minimum absolute atomic E-state index is 0.159. The molecule has 2 aromatic rings. The first-order valence-electron chi connectivity index (χ1n) is 7.35. The molecule has 1 heterocycles. The van der Waals surface area contributed by atoms with E-state index in [0.29, 0.717) is 27.3 Å². The van der Waals surface area contributed by atoms with Gasteiger partial charge < -0.3 is 5.32 Å². The minimum Gasteiger partial charge on any atom is -0.332 e. The zero-order valence-electron chi connectivity index (χ0n) is 12.5. The van der Waals surface area contributed by atoms with Crippen molar-refractivity contribution in [3.63, 3.8) is 0 Å². The molecule has 0 radical (unpaired) electrons. The molecule has 1 atom stereocenters. The number of carbonyl (C=O) groups is 2. The number of imide groups is 1. The van der Waals surface area contributed by atoms with Crippen LogP contribution in [0.5, 0.6) is 0 Å². The van der Waals surface area contributed by atoms with Crippen molar-refractivity contribution in [1.82, 2.24) is 0 Å². The normalized spacial score (nSPS) is 17.6. The summed E-state index contributed by atoms with van der Waals surface area (Å²) in [5, 5.41) is 3.49. The van der Waals surface area contributed by atoms with Crippen LogP contribution in [0.25, 0.3) is 0 Å². The molecule has 24 heavy (non-hydrogen) atoms. The van der Waals surface area contributed by atoms with Gasteiger partial charge in [0.1, 0.15) is 6.54 Å². The molecule has 1 aliphatic rings. The van der Waals surface area contributed by atoms with E-state index in [1.807, 2.05) is 11.4 Å². The summed E-state index contributed by atoms with van der Waals surface area (Å²) in [4.78, 5) is 26.0. The summed E-state index contributed by atoms with van der Waals surface area (Å²) < 4.78 is 0. The standard InChI is InChI=1S/C17H13Cl3N2O2/c18-11-3-5-13(6-4-11)22-16(23)8-15(17(22)24)21-9-10-1-2-12(19)7-14(10)20/h1-7,15,21H,8-9H2/p+1/t15-/m0/s1. The number of halogens is 3. The summed E-state index contributed by atoms with van der Waals surface area (Å²) >= 11 is 17.9. The topological polar surface area (TPSA) is 54.0 Å². The first-order valence-corrected chi connectivity index (χ1v) is 8.48. The second kappa shape index (κ2) is 7.11. The lowest BCUT2D eigenvalue weighted by atomic mass is 10.2. The average molecular weight is 385 g/mol. The number of carbonyl (C=O) groups excluding carboxylic acids is 2. The van der Waals surface area contributed by atoms with Crippen molar-refractivity contribution in [2.75, 3.05) is 4.90 Å². The maximum atomic E-state index is 12.5. The van der Waals surface area contributed by atoms with Crippen molar-refractivity contribution in [1.29, 1.82) is 0 Å². The van der Waals surface area contributed by atoms with Gasteiger partial charge in [-0.25, -0.2) is 4.90 Å². The Kier molecular flexibility index (Phi) is 5.11. The van der Waals surface area contributed by atoms with Gasteiger partial charge >= 0.3 is 0 Å². The fourth-order valence-electron chi connectivity index (χ4n) is 2.66. The van der Waals surface area contributed by atoms with E-state index in [1.54, 1.807) is 36.4 Å². The SMILES string of the molecule is O=C1C[C@H]([NH2+]Cc2ccc(Cl)cc2Cl)C(=O)N1c1ccc(Cl)cc1. The Hall–Kier alpha value is -1.59. The monoisotopic (exact) mass is 383 g/mol.